The molecular formula is C21H17BrN2O4. The van der Waals surface area contributed by atoms with Gasteiger partial charge in [-0.3, -0.25) is 4.79 Å². The van der Waals surface area contributed by atoms with Crippen LogP contribution in [-0.4, -0.2) is 25.6 Å². The Bertz CT molecular complexity index is 959. The number of rotatable bonds is 7. The quantitative estimate of drug-likeness (QED) is 0.299. The van der Waals surface area contributed by atoms with E-state index in [4.69, 9.17) is 4.74 Å². The van der Waals surface area contributed by atoms with E-state index in [0.717, 1.165) is 4.47 Å². The van der Waals surface area contributed by atoms with Gasteiger partial charge in [0.15, 0.2) is 0 Å². The molecule has 1 amide bonds. The fourth-order valence-electron chi connectivity index (χ4n) is 2.22. The molecule has 0 atom stereocenters. The molecule has 2 rings (SSSR count). The van der Waals surface area contributed by atoms with Crippen LogP contribution in [0.3, 0.4) is 0 Å². The van der Waals surface area contributed by atoms with Crippen molar-refractivity contribution in [2.24, 2.45) is 0 Å². The highest BCUT2D eigenvalue weighted by Gasteiger charge is 2.12. The molecule has 2 aromatic carbocycles. The number of amides is 1. The standard InChI is InChI=1S/C21H17BrN2O4/c1-3-10-28-19-9-6-17(22)12-15(19)11-16(13-23)20(25)24-18-7-4-14(5-8-18)21(26)27-2/h3-9,11-12H,1,10H2,2H3,(H,24,25)/b16-11+. The summed E-state index contributed by atoms with van der Waals surface area (Å²) < 4.78 is 11.0. The Morgan fingerprint density at radius 2 is 1.96 bits per heavy atom. The van der Waals surface area contributed by atoms with Gasteiger partial charge in [0, 0.05) is 15.7 Å². The minimum atomic E-state index is -0.581. The van der Waals surface area contributed by atoms with Crippen molar-refractivity contribution in [1.29, 1.82) is 5.26 Å². The number of nitrogens with zero attached hydrogens (tertiary/aromatic N) is 1. The normalized spacial score (nSPS) is 10.5. The molecule has 0 unspecified atom stereocenters. The summed E-state index contributed by atoms with van der Waals surface area (Å²) in [6, 6.07) is 13.3. The van der Waals surface area contributed by atoms with E-state index < -0.39 is 11.9 Å². The first kappa shape index (κ1) is 20.9. The fourth-order valence-corrected chi connectivity index (χ4v) is 2.60. The lowest BCUT2D eigenvalue weighted by atomic mass is 10.1. The number of anilines is 1. The number of hydrogen-bond acceptors (Lipinski definition) is 5. The minimum absolute atomic E-state index is 0.0985. The predicted octanol–water partition coefficient (Wildman–Crippen LogP) is 4.35. The number of carbonyl (C=O) groups excluding carboxylic acids is 2. The van der Waals surface area contributed by atoms with E-state index >= 15 is 0 Å². The maximum Gasteiger partial charge on any atom is 0.337 e. The summed E-state index contributed by atoms with van der Waals surface area (Å²) in [5, 5.41) is 12.0. The summed E-state index contributed by atoms with van der Waals surface area (Å²) in [4.78, 5) is 23.9. The molecule has 142 valence electrons. The maximum absolute atomic E-state index is 12.5. The number of nitrogens with one attached hydrogen (secondary N) is 1. The number of esters is 1. The average molecular weight is 441 g/mol. The zero-order chi connectivity index (χ0) is 20.5. The van der Waals surface area contributed by atoms with Gasteiger partial charge in [-0.1, -0.05) is 28.6 Å². The van der Waals surface area contributed by atoms with Crippen molar-refractivity contribution < 1.29 is 19.1 Å². The third-order valence-corrected chi connectivity index (χ3v) is 4.05. The van der Waals surface area contributed by atoms with Gasteiger partial charge < -0.3 is 14.8 Å². The Morgan fingerprint density at radius 1 is 1.25 bits per heavy atom. The number of methoxy groups -OCH3 is 1. The number of ether oxygens (including phenoxy) is 2. The Kier molecular flexibility index (Phi) is 7.55. The van der Waals surface area contributed by atoms with Crippen LogP contribution in [0.2, 0.25) is 0 Å². The smallest absolute Gasteiger partial charge is 0.337 e. The first-order valence-corrected chi connectivity index (χ1v) is 8.92. The van der Waals surface area contributed by atoms with Crippen molar-refractivity contribution in [1.82, 2.24) is 0 Å². The molecule has 28 heavy (non-hydrogen) atoms. The molecule has 0 saturated heterocycles. The second-order valence-corrected chi connectivity index (χ2v) is 6.39. The summed E-state index contributed by atoms with van der Waals surface area (Å²) in [6.07, 6.45) is 3.05. The number of benzene rings is 2. The van der Waals surface area contributed by atoms with E-state index in [2.05, 4.69) is 32.6 Å². The molecule has 0 spiro atoms. The van der Waals surface area contributed by atoms with Gasteiger partial charge in [-0.2, -0.15) is 5.26 Å². The van der Waals surface area contributed by atoms with E-state index in [1.165, 1.54) is 25.3 Å². The highest BCUT2D eigenvalue weighted by molar-refractivity contribution is 9.10. The summed E-state index contributed by atoms with van der Waals surface area (Å²) in [5.41, 5.74) is 1.27. The first-order chi connectivity index (χ1) is 13.5. The summed E-state index contributed by atoms with van der Waals surface area (Å²) in [7, 11) is 1.29. The Balaban J connectivity index is 2.24. The monoisotopic (exact) mass is 440 g/mol. The van der Waals surface area contributed by atoms with Crippen LogP contribution in [0.25, 0.3) is 6.08 Å². The number of carbonyl (C=O) groups is 2. The molecule has 6 nitrogen and oxygen atoms in total. The molecule has 0 aliphatic carbocycles. The third kappa shape index (κ3) is 5.56. The third-order valence-electron chi connectivity index (χ3n) is 3.56. The van der Waals surface area contributed by atoms with E-state index in [9.17, 15) is 14.9 Å². The van der Waals surface area contributed by atoms with Gasteiger partial charge in [-0.15, -0.1) is 0 Å². The Morgan fingerprint density at radius 3 is 2.57 bits per heavy atom. The molecule has 0 aromatic heterocycles. The van der Waals surface area contributed by atoms with Crippen molar-refractivity contribution >= 4 is 39.6 Å². The molecule has 0 heterocycles. The minimum Gasteiger partial charge on any atom is -0.489 e. The molecule has 2 aromatic rings. The maximum atomic E-state index is 12.5. The highest BCUT2D eigenvalue weighted by Crippen LogP contribution is 2.26. The molecular weight excluding hydrogens is 424 g/mol. The second-order valence-electron chi connectivity index (χ2n) is 5.47. The van der Waals surface area contributed by atoms with Crippen LogP contribution >= 0.6 is 15.9 Å². The predicted molar refractivity (Wildman–Crippen MR) is 110 cm³/mol. The topological polar surface area (TPSA) is 88.4 Å². The van der Waals surface area contributed by atoms with Gasteiger partial charge in [0.25, 0.3) is 5.91 Å². The van der Waals surface area contributed by atoms with Crippen molar-refractivity contribution in [2.75, 3.05) is 19.0 Å². The molecule has 1 N–H and O–H groups in total. The van der Waals surface area contributed by atoms with Gasteiger partial charge in [-0.05, 0) is 48.5 Å². The van der Waals surface area contributed by atoms with Crippen LogP contribution in [-0.2, 0) is 9.53 Å². The van der Waals surface area contributed by atoms with Gasteiger partial charge in [0.05, 0.1) is 12.7 Å². The van der Waals surface area contributed by atoms with E-state index in [1.54, 1.807) is 36.4 Å². The second kappa shape index (κ2) is 10.1. The molecule has 0 aliphatic heterocycles. The SMILES string of the molecule is C=CCOc1ccc(Br)cc1/C=C(\C#N)C(=O)Nc1ccc(C(=O)OC)cc1. The van der Waals surface area contributed by atoms with E-state index in [1.807, 2.05) is 6.07 Å². The lowest BCUT2D eigenvalue weighted by molar-refractivity contribution is -0.112. The zero-order valence-corrected chi connectivity index (χ0v) is 16.7. The number of halogens is 1. The highest BCUT2D eigenvalue weighted by atomic mass is 79.9. The van der Waals surface area contributed by atoms with Crippen molar-refractivity contribution in [2.45, 2.75) is 0 Å². The van der Waals surface area contributed by atoms with E-state index in [0.29, 0.717) is 29.2 Å². The van der Waals surface area contributed by atoms with Crippen LogP contribution in [0.4, 0.5) is 5.69 Å². The number of nitriles is 1. The zero-order valence-electron chi connectivity index (χ0n) is 15.1. The first-order valence-electron chi connectivity index (χ1n) is 8.13. The largest absolute Gasteiger partial charge is 0.489 e. The van der Waals surface area contributed by atoms with E-state index in [-0.39, 0.29) is 5.57 Å². The lowest BCUT2D eigenvalue weighted by Crippen LogP contribution is -2.13. The summed E-state index contributed by atoms with van der Waals surface area (Å²) in [5.74, 6) is -0.536. The van der Waals surface area contributed by atoms with Crippen molar-refractivity contribution in [3.05, 3.63) is 76.3 Å². The van der Waals surface area contributed by atoms with Gasteiger partial charge >= 0.3 is 5.97 Å². The molecule has 0 fully saturated rings. The van der Waals surface area contributed by atoms with Crippen molar-refractivity contribution in [3.63, 3.8) is 0 Å². The van der Waals surface area contributed by atoms with Gasteiger partial charge in [0.2, 0.25) is 0 Å². The molecule has 0 aliphatic rings. The van der Waals surface area contributed by atoms with Crippen LogP contribution in [0.1, 0.15) is 15.9 Å². The van der Waals surface area contributed by atoms with Crippen LogP contribution in [0.5, 0.6) is 5.75 Å². The fraction of sp³-hybridized carbons (Fsp3) is 0.0952. The number of hydrogen-bond donors (Lipinski definition) is 1. The van der Waals surface area contributed by atoms with Gasteiger partial charge in [-0.25, -0.2) is 4.79 Å². The van der Waals surface area contributed by atoms with Crippen LogP contribution in [0.15, 0.2) is 65.2 Å². The molecule has 0 saturated carbocycles. The molecule has 0 radical (unpaired) electrons. The lowest BCUT2D eigenvalue weighted by Gasteiger charge is -2.09. The summed E-state index contributed by atoms with van der Waals surface area (Å²) >= 11 is 3.37. The van der Waals surface area contributed by atoms with Crippen LogP contribution in [0, 0.1) is 11.3 Å². The van der Waals surface area contributed by atoms with Gasteiger partial charge in [0.1, 0.15) is 24.0 Å². The summed E-state index contributed by atoms with van der Waals surface area (Å²) in [6.45, 7) is 3.90. The van der Waals surface area contributed by atoms with Crippen molar-refractivity contribution in [3.8, 4) is 11.8 Å². The Hall–Kier alpha value is -3.37. The molecule has 7 heteroatoms. The van der Waals surface area contributed by atoms with Crippen LogP contribution < -0.4 is 10.1 Å². The Labute approximate surface area is 171 Å². The average Bonchev–Trinajstić information content (AvgIpc) is 2.71. The molecule has 0 bridgehead atoms.